The number of nitrogens with zero attached hydrogens (tertiary/aromatic N) is 1. The van der Waals surface area contributed by atoms with E-state index >= 15 is 0 Å². The highest BCUT2D eigenvalue weighted by Crippen LogP contribution is 2.06. The largest absolute Gasteiger partial charge is 0.481 e. The van der Waals surface area contributed by atoms with Crippen molar-refractivity contribution >= 4 is 11.9 Å². The second-order valence-electron chi connectivity index (χ2n) is 4.42. The summed E-state index contributed by atoms with van der Waals surface area (Å²) in [4.78, 5) is 50.8. The molecule has 0 saturated carbocycles. The van der Waals surface area contributed by atoms with Gasteiger partial charge in [-0.25, -0.2) is 4.79 Å². The van der Waals surface area contributed by atoms with Crippen LogP contribution in [0.1, 0.15) is 26.0 Å². The minimum Gasteiger partial charge on any atom is -0.481 e. The molecule has 0 spiro atoms. The van der Waals surface area contributed by atoms with Crippen LogP contribution in [0.2, 0.25) is 0 Å². The van der Waals surface area contributed by atoms with Crippen LogP contribution in [0.25, 0.3) is 0 Å². The molecule has 0 aliphatic carbocycles. The summed E-state index contributed by atoms with van der Waals surface area (Å²) in [6, 6.07) is 0.674. The number of hydrogen-bond donors (Lipinski definition) is 3. The van der Waals surface area contributed by atoms with E-state index in [2.05, 4.69) is 4.98 Å². The first-order valence-corrected chi connectivity index (χ1v) is 6.17. The van der Waals surface area contributed by atoms with Crippen molar-refractivity contribution in [2.45, 2.75) is 32.7 Å². The van der Waals surface area contributed by atoms with Crippen LogP contribution < -0.4 is 11.2 Å². The molecule has 0 radical (unpaired) electrons. The van der Waals surface area contributed by atoms with Gasteiger partial charge in [0.25, 0.3) is 5.56 Å². The van der Waals surface area contributed by atoms with Gasteiger partial charge in [-0.05, 0) is 13.8 Å². The first-order valence-electron chi connectivity index (χ1n) is 6.17. The van der Waals surface area contributed by atoms with Crippen molar-refractivity contribution in [3.63, 3.8) is 0 Å². The lowest BCUT2D eigenvalue weighted by Crippen LogP contribution is -2.41. The van der Waals surface area contributed by atoms with E-state index in [4.69, 9.17) is 5.11 Å². The Morgan fingerprint density at radius 3 is 2.50 bits per heavy atom. The summed E-state index contributed by atoms with van der Waals surface area (Å²) in [5.41, 5.74) is -1.06. The van der Waals surface area contributed by atoms with Crippen LogP contribution in [-0.4, -0.2) is 44.4 Å². The Balaban J connectivity index is 2.84. The molecular weight excluding hydrogens is 266 g/mol. The van der Waals surface area contributed by atoms with Gasteiger partial charge < -0.3 is 15.0 Å². The van der Waals surface area contributed by atoms with E-state index in [1.165, 1.54) is 4.90 Å². The van der Waals surface area contributed by atoms with E-state index in [9.17, 15) is 19.2 Å². The molecule has 0 bridgehead atoms. The molecule has 1 rings (SSSR count). The van der Waals surface area contributed by atoms with Gasteiger partial charge in [0.2, 0.25) is 5.91 Å². The Morgan fingerprint density at radius 1 is 1.35 bits per heavy atom. The fourth-order valence-corrected chi connectivity index (χ4v) is 1.98. The summed E-state index contributed by atoms with van der Waals surface area (Å²) >= 11 is 0. The predicted octanol–water partition coefficient (Wildman–Crippen LogP) is -0.683. The van der Waals surface area contributed by atoms with E-state index in [0.29, 0.717) is 6.54 Å². The molecule has 1 amide bonds. The van der Waals surface area contributed by atoms with Gasteiger partial charge in [-0.3, -0.25) is 19.4 Å². The van der Waals surface area contributed by atoms with Crippen molar-refractivity contribution in [1.82, 2.24) is 14.9 Å². The lowest BCUT2D eigenvalue weighted by Gasteiger charge is -2.27. The Morgan fingerprint density at radius 2 is 2.00 bits per heavy atom. The van der Waals surface area contributed by atoms with Crippen molar-refractivity contribution in [2.75, 3.05) is 6.54 Å². The standard InChI is InChI=1S/C12H17N3O5/c1-3-15(7(2)4-11(18)19)10(17)6-8-5-9(16)14-12(20)13-8/h5,7H,3-4,6H2,1-2H3,(H,18,19)(H2,13,14,16,20). The molecule has 1 unspecified atom stereocenters. The molecule has 0 aromatic carbocycles. The summed E-state index contributed by atoms with van der Waals surface area (Å²) in [5, 5.41) is 8.74. The number of hydrogen-bond acceptors (Lipinski definition) is 4. The number of carbonyl (C=O) groups is 2. The maximum Gasteiger partial charge on any atom is 0.325 e. The van der Waals surface area contributed by atoms with E-state index < -0.39 is 23.3 Å². The third-order valence-electron chi connectivity index (χ3n) is 2.82. The summed E-state index contributed by atoms with van der Waals surface area (Å²) in [6.07, 6.45) is -0.317. The first kappa shape index (κ1) is 15.7. The molecule has 0 saturated heterocycles. The monoisotopic (exact) mass is 283 g/mol. The van der Waals surface area contributed by atoms with E-state index in [1.807, 2.05) is 4.98 Å². The topological polar surface area (TPSA) is 123 Å². The Bertz CT molecular complexity index is 575. The van der Waals surface area contributed by atoms with Crippen LogP contribution in [0.3, 0.4) is 0 Å². The van der Waals surface area contributed by atoms with Gasteiger partial charge in [-0.1, -0.05) is 0 Å². The molecule has 20 heavy (non-hydrogen) atoms. The number of nitrogens with one attached hydrogen (secondary N) is 2. The Kier molecular flexibility index (Phi) is 5.24. The number of carboxylic acid groups (broad SMARTS) is 1. The third kappa shape index (κ3) is 4.38. The summed E-state index contributed by atoms with van der Waals surface area (Å²) < 4.78 is 0. The number of likely N-dealkylation sites (N-methyl/N-ethyl adjacent to an activating group) is 1. The normalized spacial score (nSPS) is 11.9. The van der Waals surface area contributed by atoms with Gasteiger partial charge in [-0.15, -0.1) is 0 Å². The zero-order chi connectivity index (χ0) is 15.3. The fraction of sp³-hybridized carbons (Fsp3) is 0.500. The molecule has 1 heterocycles. The second-order valence-corrected chi connectivity index (χ2v) is 4.42. The molecule has 0 fully saturated rings. The molecule has 8 nitrogen and oxygen atoms in total. The fourth-order valence-electron chi connectivity index (χ4n) is 1.98. The number of amides is 1. The molecular formula is C12H17N3O5. The van der Waals surface area contributed by atoms with Crippen molar-refractivity contribution in [1.29, 1.82) is 0 Å². The van der Waals surface area contributed by atoms with Gasteiger partial charge in [0.15, 0.2) is 0 Å². The average Bonchev–Trinajstić information content (AvgIpc) is 2.26. The Labute approximate surface area is 114 Å². The van der Waals surface area contributed by atoms with Crippen LogP contribution in [0.5, 0.6) is 0 Å². The van der Waals surface area contributed by atoms with Crippen LogP contribution in [0, 0.1) is 0 Å². The van der Waals surface area contributed by atoms with Gasteiger partial charge in [-0.2, -0.15) is 0 Å². The number of rotatable bonds is 6. The lowest BCUT2D eigenvalue weighted by atomic mass is 10.1. The highest BCUT2D eigenvalue weighted by Gasteiger charge is 2.21. The maximum absolute atomic E-state index is 12.1. The highest BCUT2D eigenvalue weighted by atomic mass is 16.4. The third-order valence-corrected chi connectivity index (χ3v) is 2.82. The van der Waals surface area contributed by atoms with Crippen LogP contribution >= 0.6 is 0 Å². The van der Waals surface area contributed by atoms with Gasteiger partial charge in [0.05, 0.1) is 12.8 Å². The quantitative estimate of drug-likeness (QED) is 0.638. The molecule has 1 aromatic heterocycles. The van der Waals surface area contributed by atoms with Crippen molar-refractivity contribution in [3.05, 3.63) is 32.6 Å². The molecule has 0 aliphatic heterocycles. The second kappa shape index (κ2) is 6.69. The molecule has 1 atom stereocenters. The smallest absolute Gasteiger partial charge is 0.325 e. The van der Waals surface area contributed by atoms with Crippen LogP contribution in [0.4, 0.5) is 0 Å². The van der Waals surface area contributed by atoms with Crippen molar-refractivity contribution in [3.8, 4) is 0 Å². The average molecular weight is 283 g/mol. The predicted molar refractivity (Wildman–Crippen MR) is 70.5 cm³/mol. The van der Waals surface area contributed by atoms with E-state index in [0.717, 1.165) is 6.07 Å². The van der Waals surface area contributed by atoms with E-state index in [1.54, 1.807) is 13.8 Å². The molecule has 8 heteroatoms. The Hall–Kier alpha value is -2.38. The zero-order valence-corrected chi connectivity index (χ0v) is 11.3. The number of H-pyrrole nitrogens is 2. The highest BCUT2D eigenvalue weighted by molar-refractivity contribution is 5.79. The summed E-state index contributed by atoms with van der Waals surface area (Å²) in [7, 11) is 0. The lowest BCUT2D eigenvalue weighted by molar-refractivity contribution is -0.140. The maximum atomic E-state index is 12.1. The number of carboxylic acids is 1. The number of aromatic nitrogens is 2. The van der Waals surface area contributed by atoms with Crippen molar-refractivity contribution < 1.29 is 14.7 Å². The van der Waals surface area contributed by atoms with Gasteiger partial charge in [0.1, 0.15) is 0 Å². The minimum absolute atomic E-state index is 0.156. The summed E-state index contributed by atoms with van der Waals surface area (Å²) in [6.45, 7) is 3.72. The molecule has 110 valence electrons. The van der Waals surface area contributed by atoms with Crippen LogP contribution in [-0.2, 0) is 16.0 Å². The molecule has 0 aliphatic rings. The molecule has 3 N–H and O–H groups in total. The van der Waals surface area contributed by atoms with Crippen LogP contribution in [0.15, 0.2) is 15.7 Å². The first-order chi connectivity index (χ1) is 9.33. The number of aromatic amines is 2. The number of carbonyl (C=O) groups excluding carboxylic acids is 1. The minimum atomic E-state index is -0.992. The van der Waals surface area contributed by atoms with Gasteiger partial charge >= 0.3 is 11.7 Å². The van der Waals surface area contributed by atoms with Crippen molar-refractivity contribution in [2.24, 2.45) is 0 Å². The van der Waals surface area contributed by atoms with E-state index in [-0.39, 0.29) is 24.4 Å². The molecule has 1 aromatic rings. The van der Waals surface area contributed by atoms with Gasteiger partial charge in [0, 0.05) is 24.3 Å². The number of aliphatic carboxylic acids is 1. The SMILES string of the molecule is CCN(C(=O)Cc1cc(=O)[nH]c(=O)[nH]1)C(C)CC(=O)O. The zero-order valence-electron chi connectivity index (χ0n) is 11.3. The summed E-state index contributed by atoms with van der Waals surface area (Å²) in [5.74, 6) is -1.34.